The monoisotopic (exact) mass is 314 g/mol. The van der Waals surface area contributed by atoms with Gasteiger partial charge in [0.15, 0.2) is 0 Å². The molecule has 0 bridgehead atoms. The van der Waals surface area contributed by atoms with Crippen LogP contribution in [0.4, 0.5) is 0 Å². The fraction of sp³-hybridized carbons (Fsp3) is 0.476. The van der Waals surface area contributed by atoms with Gasteiger partial charge in [-0.25, -0.2) is 0 Å². The summed E-state index contributed by atoms with van der Waals surface area (Å²) in [4.78, 5) is 10.1. The van der Waals surface area contributed by atoms with Gasteiger partial charge in [0.05, 0.1) is 0 Å². The summed E-state index contributed by atoms with van der Waals surface area (Å²) in [5.41, 5.74) is 5.59. The van der Waals surface area contributed by atoms with Crippen molar-refractivity contribution in [1.82, 2.24) is 0 Å². The molecule has 0 aliphatic heterocycles. The van der Waals surface area contributed by atoms with Gasteiger partial charge in [0.2, 0.25) is 0 Å². The largest absolute Gasteiger partial charge is 0.464 e. The molecule has 0 N–H and O–H groups in total. The predicted molar refractivity (Wildman–Crippen MR) is 98.1 cm³/mol. The average molecular weight is 314 g/mol. The first-order chi connectivity index (χ1) is 10.9. The molecule has 1 rings (SSSR count). The third-order valence-electron chi connectivity index (χ3n) is 4.34. The van der Waals surface area contributed by atoms with Crippen LogP contribution in [0.5, 0.6) is 0 Å². The fourth-order valence-corrected chi connectivity index (χ4v) is 2.92. The number of allylic oxidation sites excluding steroid dienone is 9. The molecule has 0 amide bonds. The molecule has 0 saturated heterocycles. The molecular weight excluding hydrogens is 284 g/mol. The van der Waals surface area contributed by atoms with Crippen molar-refractivity contribution in [3.63, 3.8) is 0 Å². The van der Waals surface area contributed by atoms with Crippen LogP contribution in [0.3, 0.4) is 0 Å². The Morgan fingerprint density at radius 2 is 1.96 bits per heavy atom. The highest BCUT2D eigenvalue weighted by atomic mass is 16.5. The molecule has 0 aromatic carbocycles. The summed E-state index contributed by atoms with van der Waals surface area (Å²) < 4.78 is 4.64. The molecule has 0 atom stereocenters. The standard InChI is InChI=1S/C21H30O2/c1-17(8-6-9-18(2)13-15-23-16-22)11-12-20-19(3)10-7-14-21(20,4)5/h6,8-9,11-13,16H,7,10,14-15H2,1-5H3/b9-6+,12-11+,17-8+,18-13+. The van der Waals surface area contributed by atoms with Crippen LogP contribution in [-0.4, -0.2) is 13.1 Å². The van der Waals surface area contributed by atoms with E-state index in [1.165, 1.54) is 36.0 Å². The van der Waals surface area contributed by atoms with Crippen LogP contribution < -0.4 is 0 Å². The van der Waals surface area contributed by atoms with E-state index in [1.807, 2.05) is 25.2 Å². The van der Waals surface area contributed by atoms with Crippen LogP contribution in [0.15, 0.2) is 58.7 Å². The summed E-state index contributed by atoms with van der Waals surface area (Å²) >= 11 is 0. The maximum absolute atomic E-state index is 10.1. The average Bonchev–Trinajstić information content (AvgIpc) is 2.46. The number of rotatable bonds is 7. The molecule has 0 saturated carbocycles. The minimum atomic E-state index is 0.285. The fourth-order valence-electron chi connectivity index (χ4n) is 2.92. The summed E-state index contributed by atoms with van der Waals surface area (Å²) in [5.74, 6) is 0. The van der Waals surface area contributed by atoms with Crippen molar-refractivity contribution in [3.8, 4) is 0 Å². The van der Waals surface area contributed by atoms with E-state index in [0.717, 1.165) is 5.57 Å². The molecule has 0 unspecified atom stereocenters. The van der Waals surface area contributed by atoms with Gasteiger partial charge in [0, 0.05) is 0 Å². The number of carbonyl (C=O) groups excluding carboxylic acids is 1. The van der Waals surface area contributed by atoms with Crippen molar-refractivity contribution in [3.05, 3.63) is 58.7 Å². The van der Waals surface area contributed by atoms with Gasteiger partial charge >= 0.3 is 0 Å². The van der Waals surface area contributed by atoms with Crippen molar-refractivity contribution in [2.45, 2.75) is 53.9 Å². The van der Waals surface area contributed by atoms with Gasteiger partial charge in [-0.05, 0) is 57.1 Å². The molecule has 0 heterocycles. The Bertz CT molecular complexity index is 554. The molecule has 0 aromatic rings. The van der Waals surface area contributed by atoms with Crippen molar-refractivity contribution in [2.75, 3.05) is 6.61 Å². The van der Waals surface area contributed by atoms with E-state index in [1.54, 1.807) is 0 Å². The summed E-state index contributed by atoms with van der Waals surface area (Å²) in [6.45, 7) is 11.8. The van der Waals surface area contributed by atoms with Crippen LogP contribution in [-0.2, 0) is 9.53 Å². The van der Waals surface area contributed by atoms with Crippen LogP contribution in [0.2, 0.25) is 0 Å². The maximum atomic E-state index is 10.1. The Morgan fingerprint density at radius 1 is 1.22 bits per heavy atom. The molecule has 23 heavy (non-hydrogen) atoms. The summed E-state index contributed by atoms with van der Waals surface area (Å²) in [5, 5.41) is 0. The predicted octanol–water partition coefficient (Wildman–Crippen LogP) is 5.69. The molecule has 2 nitrogen and oxygen atoms in total. The Morgan fingerprint density at radius 3 is 2.61 bits per heavy atom. The van der Waals surface area contributed by atoms with Crippen molar-refractivity contribution in [2.24, 2.45) is 5.41 Å². The van der Waals surface area contributed by atoms with Gasteiger partial charge in [0.25, 0.3) is 6.47 Å². The van der Waals surface area contributed by atoms with Crippen molar-refractivity contribution in [1.29, 1.82) is 0 Å². The van der Waals surface area contributed by atoms with Crippen molar-refractivity contribution < 1.29 is 9.53 Å². The second-order valence-corrected chi connectivity index (χ2v) is 6.91. The van der Waals surface area contributed by atoms with Gasteiger partial charge in [0.1, 0.15) is 6.61 Å². The number of carbonyl (C=O) groups is 1. The first-order valence-corrected chi connectivity index (χ1v) is 8.32. The minimum absolute atomic E-state index is 0.285. The molecule has 0 fully saturated rings. The van der Waals surface area contributed by atoms with E-state index < -0.39 is 0 Å². The first-order valence-electron chi connectivity index (χ1n) is 8.32. The van der Waals surface area contributed by atoms with Crippen LogP contribution in [0.1, 0.15) is 53.9 Å². The molecule has 2 heteroatoms. The highest BCUT2D eigenvalue weighted by molar-refractivity contribution is 5.38. The molecule has 0 spiro atoms. The van der Waals surface area contributed by atoms with E-state index in [-0.39, 0.29) is 5.41 Å². The zero-order chi connectivity index (χ0) is 17.3. The van der Waals surface area contributed by atoms with Gasteiger partial charge < -0.3 is 4.74 Å². The third-order valence-corrected chi connectivity index (χ3v) is 4.34. The Kier molecular flexibility index (Phi) is 7.80. The third kappa shape index (κ3) is 6.85. The number of hydrogen-bond acceptors (Lipinski definition) is 2. The van der Waals surface area contributed by atoms with E-state index in [2.05, 4.69) is 50.7 Å². The number of ether oxygens (including phenoxy) is 1. The molecule has 0 radical (unpaired) electrons. The maximum Gasteiger partial charge on any atom is 0.293 e. The van der Waals surface area contributed by atoms with Gasteiger partial charge in [-0.15, -0.1) is 0 Å². The lowest BCUT2D eigenvalue weighted by Gasteiger charge is -2.32. The van der Waals surface area contributed by atoms with E-state index in [4.69, 9.17) is 0 Å². The lowest BCUT2D eigenvalue weighted by Crippen LogP contribution is -2.19. The van der Waals surface area contributed by atoms with Gasteiger partial charge in [-0.2, -0.15) is 0 Å². The molecular formula is C21H30O2. The summed E-state index contributed by atoms with van der Waals surface area (Å²) in [6, 6.07) is 0. The van der Waals surface area contributed by atoms with E-state index in [9.17, 15) is 4.79 Å². The molecule has 1 aliphatic carbocycles. The number of hydrogen-bond donors (Lipinski definition) is 0. The smallest absolute Gasteiger partial charge is 0.293 e. The quantitative estimate of drug-likeness (QED) is 0.343. The Labute approximate surface area is 141 Å². The lowest BCUT2D eigenvalue weighted by atomic mass is 9.72. The SMILES string of the molecule is CC1=C(/C=C/C(C)=C/C=C/C(C)=C/COC=O)C(C)(C)CCC1. The zero-order valence-electron chi connectivity index (χ0n) is 15.2. The molecule has 126 valence electrons. The Hall–Kier alpha value is -1.83. The Balaban J connectivity index is 2.69. The minimum Gasteiger partial charge on any atom is -0.464 e. The lowest BCUT2D eigenvalue weighted by molar-refractivity contribution is -0.127. The topological polar surface area (TPSA) is 26.3 Å². The zero-order valence-corrected chi connectivity index (χ0v) is 15.2. The van der Waals surface area contributed by atoms with Crippen LogP contribution in [0, 0.1) is 5.41 Å². The molecule has 1 aliphatic rings. The first kappa shape index (κ1) is 19.2. The highest BCUT2D eigenvalue weighted by Gasteiger charge is 2.26. The van der Waals surface area contributed by atoms with E-state index in [0.29, 0.717) is 13.1 Å². The van der Waals surface area contributed by atoms with Crippen LogP contribution >= 0.6 is 0 Å². The van der Waals surface area contributed by atoms with Crippen molar-refractivity contribution >= 4 is 6.47 Å². The second kappa shape index (κ2) is 9.34. The normalized spacial score (nSPS) is 19.7. The second-order valence-electron chi connectivity index (χ2n) is 6.91. The van der Waals surface area contributed by atoms with Crippen LogP contribution in [0.25, 0.3) is 0 Å². The molecule has 0 aromatic heterocycles. The summed E-state index contributed by atoms with van der Waals surface area (Å²) in [6.07, 6.45) is 16.3. The van der Waals surface area contributed by atoms with Gasteiger partial charge in [-0.3, -0.25) is 4.79 Å². The van der Waals surface area contributed by atoms with Gasteiger partial charge in [-0.1, -0.05) is 60.9 Å². The van der Waals surface area contributed by atoms with E-state index >= 15 is 0 Å². The highest BCUT2D eigenvalue weighted by Crippen LogP contribution is 2.40. The summed E-state index contributed by atoms with van der Waals surface area (Å²) in [7, 11) is 0.